The Balaban J connectivity index is 1.46. The lowest BCUT2D eigenvalue weighted by molar-refractivity contribution is -0.134. The van der Waals surface area contributed by atoms with Gasteiger partial charge in [-0.3, -0.25) is 9.59 Å². The average Bonchev–Trinajstić information content (AvgIpc) is 3.31. The minimum Gasteiger partial charge on any atom is -0.479 e. The first-order valence-electron chi connectivity index (χ1n) is 9.47. The maximum atomic E-state index is 13.4. The van der Waals surface area contributed by atoms with Gasteiger partial charge in [0, 0.05) is 18.6 Å². The van der Waals surface area contributed by atoms with Crippen molar-refractivity contribution in [2.75, 3.05) is 7.11 Å². The second-order valence-corrected chi connectivity index (χ2v) is 6.92. The number of methoxy groups -OCH3 is 1. The van der Waals surface area contributed by atoms with Gasteiger partial charge < -0.3 is 18.7 Å². The summed E-state index contributed by atoms with van der Waals surface area (Å²) in [6, 6.07) is 10.5. The van der Waals surface area contributed by atoms with Crippen LogP contribution in [-0.4, -0.2) is 24.0 Å². The molecule has 0 aliphatic carbocycles. The maximum Gasteiger partial charge on any atom is 0.311 e. The predicted octanol–water partition coefficient (Wildman–Crippen LogP) is 4.29. The number of nitrogens with zero attached hydrogens (tertiary/aromatic N) is 1. The van der Waals surface area contributed by atoms with E-state index in [1.807, 2.05) is 0 Å². The lowest BCUT2D eigenvalue weighted by Gasteiger charge is -2.07. The third kappa shape index (κ3) is 4.48. The molecule has 31 heavy (non-hydrogen) atoms. The van der Waals surface area contributed by atoms with Crippen molar-refractivity contribution in [2.24, 2.45) is 0 Å². The van der Waals surface area contributed by atoms with Crippen LogP contribution in [0.4, 0.5) is 4.39 Å². The summed E-state index contributed by atoms with van der Waals surface area (Å²) in [6.07, 6.45) is 1.84. The van der Waals surface area contributed by atoms with Gasteiger partial charge in [-0.15, -0.1) is 0 Å². The number of ketones is 1. The van der Waals surface area contributed by atoms with E-state index in [0.29, 0.717) is 34.8 Å². The Labute approximate surface area is 177 Å². The highest BCUT2D eigenvalue weighted by Crippen LogP contribution is 2.37. The van der Waals surface area contributed by atoms with Crippen LogP contribution in [0.15, 0.2) is 52.7 Å². The van der Waals surface area contributed by atoms with Crippen molar-refractivity contribution >= 4 is 17.8 Å². The van der Waals surface area contributed by atoms with Crippen molar-refractivity contribution in [1.82, 2.24) is 5.16 Å². The highest BCUT2D eigenvalue weighted by molar-refractivity contribution is 6.15. The van der Waals surface area contributed by atoms with E-state index in [2.05, 4.69) is 5.16 Å². The summed E-state index contributed by atoms with van der Waals surface area (Å²) in [4.78, 5) is 24.9. The Bertz CT molecular complexity index is 1200. The molecule has 0 amide bonds. The second kappa shape index (κ2) is 8.43. The molecule has 0 spiro atoms. The number of Topliss-reactive ketones (excluding diaryl/α,β-unsaturated/α-hetero) is 1. The molecule has 158 valence electrons. The molecular weight excluding hydrogens is 405 g/mol. The largest absolute Gasteiger partial charge is 0.479 e. The number of allylic oxidation sites excluding steroid dienone is 1. The fourth-order valence-electron chi connectivity index (χ4n) is 3.20. The van der Waals surface area contributed by atoms with Crippen molar-refractivity contribution in [3.8, 4) is 17.4 Å². The van der Waals surface area contributed by atoms with Crippen LogP contribution < -0.4 is 14.2 Å². The van der Waals surface area contributed by atoms with Crippen molar-refractivity contribution in [1.29, 1.82) is 0 Å². The molecule has 4 rings (SSSR count). The number of aryl methyl sites for hydroxylation is 2. The van der Waals surface area contributed by atoms with E-state index in [9.17, 15) is 14.0 Å². The van der Waals surface area contributed by atoms with E-state index in [4.69, 9.17) is 18.7 Å². The first-order chi connectivity index (χ1) is 14.9. The number of aromatic nitrogens is 1. The van der Waals surface area contributed by atoms with Crippen LogP contribution in [-0.2, 0) is 11.2 Å². The Morgan fingerprint density at radius 3 is 2.81 bits per heavy atom. The van der Waals surface area contributed by atoms with Gasteiger partial charge in [-0.25, -0.2) is 4.39 Å². The van der Waals surface area contributed by atoms with Gasteiger partial charge in [0.1, 0.15) is 23.1 Å². The van der Waals surface area contributed by atoms with Crippen LogP contribution >= 0.6 is 0 Å². The van der Waals surface area contributed by atoms with Gasteiger partial charge in [0.05, 0.1) is 19.1 Å². The number of esters is 1. The summed E-state index contributed by atoms with van der Waals surface area (Å²) in [5.74, 6) is 0.259. The molecule has 1 aliphatic rings. The van der Waals surface area contributed by atoms with Gasteiger partial charge in [0.25, 0.3) is 5.88 Å². The number of hydrogen-bond acceptors (Lipinski definition) is 7. The highest BCUT2D eigenvalue weighted by Gasteiger charge is 2.30. The van der Waals surface area contributed by atoms with Crippen molar-refractivity contribution in [3.63, 3.8) is 0 Å². The van der Waals surface area contributed by atoms with Gasteiger partial charge in [-0.05, 0) is 47.5 Å². The molecule has 8 heteroatoms. The molecule has 0 unspecified atom stereocenters. The average molecular weight is 423 g/mol. The zero-order valence-electron chi connectivity index (χ0n) is 16.8. The van der Waals surface area contributed by atoms with Crippen molar-refractivity contribution in [2.45, 2.75) is 19.8 Å². The predicted molar refractivity (Wildman–Crippen MR) is 108 cm³/mol. The summed E-state index contributed by atoms with van der Waals surface area (Å²) >= 11 is 0. The Morgan fingerprint density at radius 1 is 1.23 bits per heavy atom. The molecule has 0 atom stereocenters. The Kier molecular flexibility index (Phi) is 5.53. The number of halogens is 1. The van der Waals surface area contributed by atoms with E-state index >= 15 is 0 Å². The molecule has 1 aromatic heterocycles. The first kappa shape index (κ1) is 20.3. The number of hydrogen-bond donors (Lipinski definition) is 0. The Hall–Kier alpha value is -3.94. The first-order valence-corrected chi connectivity index (χ1v) is 9.47. The molecular formula is C23H18FNO6. The summed E-state index contributed by atoms with van der Waals surface area (Å²) in [5.41, 5.74) is 1.49. The van der Waals surface area contributed by atoms with Gasteiger partial charge in [0.2, 0.25) is 5.78 Å². The van der Waals surface area contributed by atoms with Gasteiger partial charge in [-0.1, -0.05) is 12.1 Å². The van der Waals surface area contributed by atoms with Crippen molar-refractivity contribution < 1.29 is 32.7 Å². The number of benzene rings is 2. The van der Waals surface area contributed by atoms with E-state index in [-0.39, 0.29) is 29.5 Å². The molecule has 0 bridgehead atoms. The van der Waals surface area contributed by atoms with E-state index in [1.54, 1.807) is 31.2 Å². The molecule has 0 radical (unpaired) electrons. The summed E-state index contributed by atoms with van der Waals surface area (Å²) in [6.45, 7) is 1.73. The number of carbonyl (C=O) groups excluding carboxylic acids is 2. The summed E-state index contributed by atoms with van der Waals surface area (Å²) in [7, 11) is 1.47. The van der Waals surface area contributed by atoms with Crippen LogP contribution in [0, 0.1) is 12.7 Å². The number of fused-ring (bicyclic) bond motifs is 1. The highest BCUT2D eigenvalue weighted by atomic mass is 19.1. The lowest BCUT2D eigenvalue weighted by Crippen LogP contribution is -2.09. The van der Waals surface area contributed by atoms with Crippen LogP contribution in [0.5, 0.6) is 17.4 Å². The van der Waals surface area contributed by atoms with Crippen LogP contribution in [0.1, 0.15) is 33.7 Å². The second-order valence-electron chi connectivity index (χ2n) is 6.92. The number of carbonyl (C=O) groups is 2. The molecule has 2 aromatic carbocycles. The van der Waals surface area contributed by atoms with Gasteiger partial charge in [-0.2, -0.15) is 0 Å². The van der Waals surface area contributed by atoms with Gasteiger partial charge in [0.15, 0.2) is 5.76 Å². The maximum absolute atomic E-state index is 13.4. The van der Waals surface area contributed by atoms with E-state index < -0.39 is 11.8 Å². The Morgan fingerprint density at radius 2 is 2.06 bits per heavy atom. The lowest BCUT2D eigenvalue weighted by atomic mass is 10.0. The smallest absolute Gasteiger partial charge is 0.311 e. The molecule has 1 aliphatic heterocycles. The monoisotopic (exact) mass is 423 g/mol. The normalized spacial score (nSPS) is 13.8. The fraction of sp³-hybridized carbons (Fsp3) is 0.174. The molecule has 7 nitrogen and oxygen atoms in total. The standard InChI is InChI=1S/C23H18FNO6/c1-13-8-17(29-21(26)7-6-16-12-20(28-2)25-31-16)11-18-22(13)23(27)19(30-18)10-14-4-3-5-15(24)9-14/h3-5,8-12H,6-7H2,1-2H3/b19-10-. The topological polar surface area (TPSA) is 87.9 Å². The summed E-state index contributed by atoms with van der Waals surface area (Å²) in [5, 5.41) is 3.67. The van der Waals surface area contributed by atoms with Crippen LogP contribution in [0.25, 0.3) is 6.08 Å². The molecule has 3 aromatic rings. The van der Waals surface area contributed by atoms with Crippen LogP contribution in [0.2, 0.25) is 0 Å². The third-order valence-corrected chi connectivity index (χ3v) is 4.64. The molecule has 0 saturated heterocycles. The quantitative estimate of drug-likeness (QED) is 0.332. The number of ether oxygens (including phenoxy) is 3. The molecule has 0 saturated carbocycles. The van der Waals surface area contributed by atoms with E-state index in [0.717, 1.165) is 0 Å². The minimum absolute atomic E-state index is 0.0684. The SMILES string of the molecule is COc1cc(CCC(=O)Oc2cc(C)c3c(c2)O/C(=C\c2cccc(F)c2)C3=O)on1. The minimum atomic E-state index is -0.477. The number of rotatable bonds is 6. The molecule has 2 heterocycles. The zero-order valence-corrected chi connectivity index (χ0v) is 16.8. The van der Waals surface area contributed by atoms with Crippen LogP contribution in [0.3, 0.4) is 0 Å². The van der Waals surface area contributed by atoms with Crippen molar-refractivity contribution in [3.05, 3.63) is 76.5 Å². The molecule has 0 N–H and O–H groups in total. The van der Waals surface area contributed by atoms with Gasteiger partial charge >= 0.3 is 5.97 Å². The summed E-state index contributed by atoms with van der Waals surface area (Å²) < 4.78 is 34.4. The third-order valence-electron chi connectivity index (χ3n) is 4.64. The van der Waals surface area contributed by atoms with E-state index in [1.165, 1.54) is 31.4 Å². The molecule has 0 fully saturated rings. The zero-order chi connectivity index (χ0) is 22.0. The fourth-order valence-corrected chi connectivity index (χ4v) is 3.20.